The van der Waals surface area contributed by atoms with Gasteiger partial charge in [0, 0.05) is 18.4 Å². The predicted octanol–water partition coefficient (Wildman–Crippen LogP) is 1.78. The standard InChI is InChI=1S/C11H12O3/c1-11(13)6-8(5-9(12)7-11)10-3-2-4-14-10/h2-5,13H,6-7H2,1H3/t11-/m0/s1. The molecular weight excluding hydrogens is 180 g/mol. The van der Waals surface area contributed by atoms with E-state index in [-0.39, 0.29) is 12.2 Å². The van der Waals surface area contributed by atoms with Crippen molar-refractivity contribution in [2.45, 2.75) is 25.4 Å². The van der Waals surface area contributed by atoms with Crippen molar-refractivity contribution >= 4 is 11.4 Å². The van der Waals surface area contributed by atoms with E-state index in [0.717, 1.165) is 5.57 Å². The molecule has 0 amide bonds. The summed E-state index contributed by atoms with van der Waals surface area (Å²) in [4.78, 5) is 11.3. The summed E-state index contributed by atoms with van der Waals surface area (Å²) in [5.41, 5.74) is -0.162. The van der Waals surface area contributed by atoms with Gasteiger partial charge < -0.3 is 9.52 Å². The second-order valence-corrected chi connectivity index (χ2v) is 3.96. The Kier molecular flexibility index (Phi) is 2.04. The number of hydrogen-bond acceptors (Lipinski definition) is 3. The maximum Gasteiger partial charge on any atom is 0.158 e. The first-order valence-electron chi connectivity index (χ1n) is 4.56. The first-order valence-corrected chi connectivity index (χ1v) is 4.56. The van der Waals surface area contributed by atoms with Crippen molar-refractivity contribution in [1.82, 2.24) is 0 Å². The molecule has 0 bridgehead atoms. The van der Waals surface area contributed by atoms with Crippen molar-refractivity contribution in [2.24, 2.45) is 0 Å². The van der Waals surface area contributed by atoms with Gasteiger partial charge in [-0.05, 0) is 25.1 Å². The number of allylic oxidation sites excluding steroid dienone is 1. The van der Waals surface area contributed by atoms with Gasteiger partial charge >= 0.3 is 0 Å². The monoisotopic (exact) mass is 192 g/mol. The molecule has 1 aromatic heterocycles. The van der Waals surface area contributed by atoms with Gasteiger partial charge in [0.1, 0.15) is 5.76 Å². The molecule has 0 saturated carbocycles. The first kappa shape index (κ1) is 9.21. The highest BCUT2D eigenvalue weighted by Crippen LogP contribution is 2.32. The average Bonchev–Trinajstić information content (AvgIpc) is 2.51. The van der Waals surface area contributed by atoms with Gasteiger partial charge in [-0.2, -0.15) is 0 Å². The van der Waals surface area contributed by atoms with Gasteiger partial charge in [-0.25, -0.2) is 0 Å². The number of furan rings is 1. The Balaban J connectivity index is 2.33. The van der Waals surface area contributed by atoms with Crippen LogP contribution in [0.5, 0.6) is 0 Å². The highest BCUT2D eigenvalue weighted by molar-refractivity contribution is 5.98. The molecule has 2 rings (SSSR count). The van der Waals surface area contributed by atoms with Crippen LogP contribution in [-0.2, 0) is 4.79 Å². The summed E-state index contributed by atoms with van der Waals surface area (Å²) in [6.07, 6.45) is 3.77. The molecule has 1 aliphatic rings. The summed E-state index contributed by atoms with van der Waals surface area (Å²) < 4.78 is 5.18. The van der Waals surface area contributed by atoms with Crippen LogP contribution in [-0.4, -0.2) is 16.5 Å². The van der Waals surface area contributed by atoms with E-state index < -0.39 is 5.60 Å². The molecule has 0 radical (unpaired) electrons. The Morgan fingerprint density at radius 3 is 2.86 bits per heavy atom. The van der Waals surface area contributed by atoms with Crippen molar-refractivity contribution in [3.63, 3.8) is 0 Å². The molecule has 14 heavy (non-hydrogen) atoms. The van der Waals surface area contributed by atoms with Crippen molar-refractivity contribution in [1.29, 1.82) is 0 Å². The molecule has 1 N–H and O–H groups in total. The zero-order valence-corrected chi connectivity index (χ0v) is 7.99. The van der Waals surface area contributed by atoms with Gasteiger partial charge in [-0.1, -0.05) is 0 Å². The van der Waals surface area contributed by atoms with E-state index in [1.165, 1.54) is 0 Å². The minimum absolute atomic E-state index is 0.0485. The third kappa shape index (κ3) is 1.77. The predicted molar refractivity (Wildman–Crippen MR) is 51.5 cm³/mol. The molecule has 0 spiro atoms. The zero-order chi connectivity index (χ0) is 10.2. The lowest BCUT2D eigenvalue weighted by molar-refractivity contribution is -0.119. The topological polar surface area (TPSA) is 50.4 Å². The first-order chi connectivity index (χ1) is 6.57. The number of aliphatic hydroxyl groups is 1. The Morgan fingerprint density at radius 2 is 2.29 bits per heavy atom. The van der Waals surface area contributed by atoms with Crippen LogP contribution in [0.15, 0.2) is 28.9 Å². The van der Waals surface area contributed by atoms with E-state index in [9.17, 15) is 9.90 Å². The fraction of sp³-hybridized carbons (Fsp3) is 0.364. The number of rotatable bonds is 1. The third-order valence-corrected chi connectivity index (χ3v) is 2.30. The van der Waals surface area contributed by atoms with Gasteiger partial charge in [-0.3, -0.25) is 4.79 Å². The van der Waals surface area contributed by atoms with Crippen LogP contribution in [0.25, 0.3) is 5.57 Å². The molecule has 3 nitrogen and oxygen atoms in total. The van der Waals surface area contributed by atoms with E-state index in [4.69, 9.17) is 4.42 Å². The van der Waals surface area contributed by atoms with Crippen molar-refractivity contribution in [3.05, 3.63) is 30.2 Å². The number of ketones is 1. The molecule has 1 aliphatic carbocycles. The van der Waals surface area contributed by atoms with Gasteiger partial charge in [0.05, 0.1) is 11.9 Å². The minimum Gasteiger partial charge on any atom is -0.465 e. The van der Waals surface area contributed by atoms with Crippen LogP contribution < -0.4 is 0 Å². The van der Waals surface area contributed by atoms with E-state index >= 15 is 0 Å². The van der Waals surface area contributed by atoms with E-state index in [2.05, 4.69) is 0 Å². The Hall–Kier alpha value is -1.35. The van der Waals surface area contributed by atoms with Crippen LogP contribution in [0.1, 0.15) is 25.5 Å². The fourth-order valence-electron chi connectivity index (χ4n) is 1.76. The molecule has 0 fully saturated rings. The molecule has 3 heteroatoms. The van der Waals surface area contributed by atoms with Crippen molar-refractivity contribution < 1.29 is 14.3 Å². The maximum atomic E-state index is 11.3. The smallest absolute Gasteiger partial charge is 0.158 e. The lowest BCUT2D eigenvalue weighted by Gasteiger charge is -2.26. The van der Waals surface area contributed by atoms with Gasteiger partial charge in [-0.15, -0.1) is 0 Å². The molecule has 74 valence electrons. The number of carbonyl (C=O) groups excluding carboxylic acids is 1. The Labute approximate surface area is 82.0 Å². The minimum atomic E-state index is -0.937. The number of hydrogen-bond donors (Lipinski definition) is 1. The summed E-state index contributed by atoms with van der Waals surface area (Å²) in [5, 5.41) is 9.81. The molecule has 0 aliphatic heterocycles. The molecule has 0 aromatic carbocycles. The van der Waals surface area contributed by atoms with Crippen LogP contribution >= 0.6 is 0 Å². The summed E-state index contributed by atoms with van der Waals surface area (Å²) in [6, 6.07) is 3.56. The SMILES string of the molecule is C[C@@]1(O)CC(=O)C=C(c2ccco2)C1. The Bertz CT molecular complexity index is 371. The quantitative estimate of drug-likeness (QED) is 0.737. The molecule has 1 atom stereocenters. The third-order valence-electron chi connectivity index (χ3n) is 2.30. The average molecular weight is 192 g/mol. The maximum absolute atomic E-state index is 11.3. The van der Waals surface area contributed by atoms with Gasteiger partial charge in [0.25, 0.3) is 0 Å². The highest BCUT2D eigenvalue weighted by atomic mass is 16.3. The van der Waals surface area contributed by atoms with E-state index in [1.54, 1.807) is 31.4 Å². The summed E-state index contributed by atoms with van der Waals surface area (Å²) >= 11 is 0. The summed E-state index contributed by atoms with van der Waals surface area (Å²) in [6.45, 7) is 1.67. The van der Waals surface area contributed by atoms with Crippen LogP contribution in [0.2, 0.25) is 0 Å². The number of carbonyl (C=O) groups is 1. The lowest BCUT2D eigenvalue weighted by Crippen LogP contribution is -2.30. The Morgan fingerprint density at radius 1 is 1.50 bits per heavy atom. The van der Waals surface area contributed by atoms with Crippen LogP contribution in [0.4, 0.5) is 0 Å². The summed E-state index contributed by atoms with van der Waals surface area (Å²) in [7, 11) is 0. The summed E-state index contributed by atoms with van der Waals surface area (Å²) in [5.74, 6) is 0.617. The lowest BCUT2D eigenvalue weighted by atomic mass is 9.84. The largest absolute Gasteiger partial charge is 0.465 e. The van der Waals surface area contributed by atoms with Crippen LogP contribution in [0, 0.1) is 0 Å². The van der Waals surface area contributed by atoms with E-state index in [0.29, 0.717) is 12.2 Å². The highest BCUT2D eigenvalue weighted by Gasteiger charge is 2.30. The van der Waals surface area contributed by atoms with Crippen molar-refractivity contribution in [2.75, 3.05) is 0 Å². The zero-order valence-electron chi connectivity index (χ0n) is 7.99. The normalized spacial score (nSPS) is 27.6. The molecule has 1 aromatic rings. The second-order valence-electron chi connectivity index (χ2n) is 3.96. The second kappa shape index (κ2) is 3.10. The molecule has 0 saturated heterocycles. The van der Waals surface area contributed by atoms with Crippen LogP contribution in [0.3, 0.4) is 0 Å². The van der Waals surface area contributed by atoms with E-state index in [1.807, 2.05) is 0 Å². The van der Waals surface area contributed by atoms with Gasteiger partial charge in [0.15, 0.2) is 5.78 Å². The van der Waals surface area contributed by atoms with Gasteiger partial charge in [0.2, 0.25) is 0 Å². The molecule has 0 unspecified atom stereocenters. The molecular formula is C11H12O3. The van der Waals surface area contributed by atoms with Crippen molar-refractivity contribution in [3.8, 4) is 0 Å². The molecule has 1 heterocycles. The fourth-order valence-corrected chi connectivity index (χ4v) is 1.76.